The van der Waals surface area contributed by atoms with Crippen LogP contribution in [0.2, 0.25) is 0 Å². The number of anilines is 1. The lowest BCUT2D eigenvalue weighted by molar-refractivity contribution is -0.118. The zero-order chi connectivity index (χ0) is 15.3. The van der Waals surface area contributed by atoms with Gasteiger partial charge in [-0.05, 0) is 12.1 Å². The molecule has 5 nitrogen and oxygen atoms in total. The molecule has 1 atom stereocenters. The Morgan fingerprint density at radius 1 is 1.14 bits per heavy atom. The van der Waals surface area contributed by atoms with Crippen molar-refractivity contribution in [2.75, 3.05) is 16.5 Å². The maximum atomic E-state index is 12.6. The van der Waals surface area contributed by atoms with Crippen LogP contribution in [0.25, 0.3) is 10.8 Å². The number of amides is 3. The summed E-state index contributed by atoms with van der Waals surface area (Å²) < 4.78 is 0. The Morgan fingerprint density at radius 2 is 1.91 bits per heavy atom. The van der Waals surface area contributed by atoms with Crippen molar-refractivity contribution in [1.29, 1.82) is 5.26 Å². The first-order valence-corrected chi connectivity index (χ1v) is 8.02. The second-order valence-electron chi connectivity index (χ2n) is 5.23. The van der Waals surface area contributed by atoms with Crippen LogP contribution in [0.4, 0.5) is 10.5 Å². The fourth-order valence-electron chi connectivity index (χ4n) is 3.00. The van der Waals surface area contributed by atoms with E-state index in [0.29, 0.717) is 22.9 Å². The van der Waals surface area contributed by atoms with E-state index < -0.39 is 0 Å². The van der Waals surface area contributed by atoms with Gasteiger partial charge >= 0.3 is 6.03 Å². The molecule has 0 radical (unpaired) electrons. The second kappa shape index (κ2) is 4.75. The lowest BCUT2D eigenvalue weighted by Crippen LogP contribution is -2.32. The van der Waals surface area contributed by atoms with Crippen LogP contribution in [0.3, 0.4) is 0 Å². The van der Waals surface area contributed by atoms with Crippen molar-refractivity contribution in [3.8, 4) is 6.07 Å². The van der Waals surface area contributed by atoms with Gasteiger partial charge in [0.15, 0.2) is 0 Å². The highest BCUT2D eigenvalue weighted by atomic mass is 32.2. The van der Waals surface area contributed by atoms with Crippen LogP contribution in [-0.4, -0.2) is 34.5 Å². The van der Waals surface area contributed by atoms with E-state index >= 15 is 0 Å². The van der Waals surface area contributed by atoms with Crippen molar-refractivity contribution in [3.63, 3.8) is 0 Å². The Balaban J connectivity index is 1.91. The highest BCUT2D eigenvalue weighted by molar-refractivity contribution is 7.99. The fourth-order valence-corrected chi connectivity index (χ4v) is 4.14. The molecule has 2 saturated heterocycles. The normalized spacial score (nSPS) is 20.6. The van der Waals surface area contributed by atoms with E-state index in [1.54, 1.807) is 28.8 Å². The zero-order valence-corrected chi connectivity index (χ0v) is 12.3. The summed E-state index contributed by atoms with van der Waals surface area (Å²) in [4.78, 5) is 28.0. The minimum atomic E-state index is -0.355. The van der Waals surface area contributed by atoms with Crippen LogP contribution < -0.4 is 4.90 Å². The van der Waals surface area contributed by atoms with Crippen molar-refractivity contribution < 1.29 is 9.59 Å². The molecule has 0 bridgehead atoms. The first kappa shape index (κ1) is 13.2. The Bertz CT molecular complexity index is 836. The van der Waals surface area contributed by atoms with E-state index in [4.69, 9.17) is 0 Å². The molecule has 1 unspecified atom stereocenters. The van der Waals surface area contributed by atoms with E-state index in [1.165, 1.54) is 4.90 Å². The van der Waals surface area contributed by atoms with Gasteiger partial charge in [-0.3, -0.25) is 4.79 Å². The van der Waals surface area contributed by atoms with Crippen LogP contribution in [0.5, 0.6) is 0 Å². The summed E-state index contributed by atoms with van der Waals surface area (Å²) in [6.07, 6.45) is 0. The number of nitriles is 1. The summed E-state index contributed by atoms with van der Waals surface area (Å²) in [5.74, 6) is 1.03. The van der Waals surface area contributed by atoms with Gasteiger partial charge in [-0.2, -0.15) is 5.26 Å². The number of benzene rings is 2. The van der Waals surface area contributed by atoms with Gasteiger partial charge in [0, 0.05) is 16.5 Å². The molecule has 0 N–H and O–H groups in total. The van der Waals surface area contributed by atoms with Crippen LogP contribution in [0, 0.1) is 11.3 Å². The molecule has 2 heterocycles. The van der Waals surface area contributed by atoms with Crippen molar-refractivity contribution in [2.45, 2.75) is 6.04 Å². The average molecular weight is 309 g/mol. The molecular weight excluding hydrogens is 298 g/mol. The first-order chi connectivity index (χ1) is 10.7. The second-order valence-corrected chi connectivity index (χ2v) is 6.23. The van der Waals surface area contributed by atoms with Gasteiger partial charge in [-0.25, -0.2) is 9.69 Å². The number of hydrogen-bond acceptors (Lipinski definition) is 4. The van der Waals surface area contributed by atoms with Crippen LogP contribution >= 0.6 is 11.8 Å². The minimum absolute atomic E-state index is 0.176. The summed E-state index contributed by atoms with van der Waals surface area (Å²) in [6, 6.07) is 12.2. The SMILES string of the molecule is N#Cc1ccc(N2C(=O)C3CSCN3C2=O)c2ccccc12. The summed E-state index contributed by atoms with van der Waals surface area (Å²) in [5.41, 5.74) is 1.10. The quantitative estimate of drug-likeness (QED) is 0.759. The van der Waals surface area contributed by atoms with E-state index in [9.17, 15) is 14.9 Å². The molecule has 108 valence electrons. The van der Waals surface area contributed by atoms with Crippen LogP contribution in [0.1, 0.15) is 5.56 Å². The number of imide groups is 1. The number of thioether (sulfide) groups is 1. The fraction of sp³-hybridized carbons (Fsp3) is 0.188. The van der Waals surface area contributed by atoms with Gasteiger partial charge in [0.1, 0.15) is 6.04 Å². The van der Waals surface area contributed by atoms with Crippen molar-refractivity contribution in [3.05, 3.63) is 42.0 Å². The molecule has 0 saturated carbocycles. The third kappa shape index (κ3) is 1.66. The topological polar surface area (TPSA) is 64.4 Å². The van der Waals surface area contributed by atoms with Crippen LogP contribution in [-0.2, 0) is 4.79 Å². The summed E-state index contributed by atoms with van der Waals surface area (Å²) in [7, 11) is 0. The maximum Gasteiger partial charge on any atom is 0.332 e. The smallest absolute Gasteiger partial charge is 0.302 e. The van der Waals surface area contributed by atoms with Gasteiger partial charge < -0.3 is 4.90 Å². The number of rotatable bonds is 1. The molecule has 4 rings (SSSR count). The summed E-state index contributed by atoms with van der Waals surface area (Å²) in [5, 5.41) is 10.7. The molecule has 2 fully saturated rings. The Hall–Kier alpha value is -2.52. The maximum absolute atomic E-state index is 12.6. The molecule has 6 heteroatoms. The molecule has 2 aromatic rings. The first-order valence-electron chi connectivity index (χ1n) is 6.86. The Kier molecular flexibility index (Phi) is 2.84. The Labute approximate surface area is 131 Å². The van der Waals surface area contributed by atoms with Gasteiger partial charge in [0.25, 0.3) is 5.91 Å². The van der Waals surface area contributed by atoms with Gasteiger partial charge in [0.05, 0.1) is 23.2 Å². The van der Waals surface area contributed by atoms with E-state index in [2.05, 4.69) is 6.07 Å². The summed E-state index contributed by atoms with van der Waals surface area (Å²) >= 11 is 1.60. The van der Waals surface area contributed by atoms with E-state index in [0.717, 1.165) is 10.8 Å². The molecule has 0 aromatic heterocycles. The molecule has 0 spiro atoms. The summed E-state index contributed by atoms with van der Waals surface area (Å²) in [6.45, 7) is 0. The molecule has 3 amide bonds. The predicted octanol–water partition coefficient (Wildman–Crippen LogP) is 2.55. The molecule has 2 aliphatic heterocycles. The molecule has 0 aliphatic carbocycles. The van der Waals surface area contributed by atoms with E-state index in [-0.39, 0.29) is 18.0 Å². The zero-order valence-electron chi connectivity index (χ0n) is 11.5. The highest BCUT2D eigenvalue weighted by Gasteiger charge is 2.48. The lowest BCUT2D eigenvalue weighted by atomic mass is 10.0. The number of carbonyl (C=O) groups is 2. The standard InChI is InChI=1S/C16H11N3O2S/c17-7-10-5-6-13(12-4-2-1-3-11(10)12)19-15(20)14-8-22-9-18(14)16(19)21/h1-6,14H,8-9H2. The van der Waals surface area contributed by atoms with E-state index in [1.807, 2.05) is 24.3 Å². The average Bonchev–Trinajstić information content (AvgIpc) is 3.11. The number of carbonyl (C=O) groups excluding carboxylic acids is 2. The number of nitrogens with zero attached hydrogens (tertiary/aromatic N) is 3. The van der Waals surface area contributed by atoms with Crippen LogP contribution in [0.15, 0.2) is 36.4 Å². The largest absolute Gasteiger partial charge is 0.332 e. The third-order valence-corrected chi connectivity index (χ3v) is 5.10. The molecule has 2 aliphatic rings. The van der Waals surface area contributed by atoms with Crippen molar-refractivity contribution >= 4 is 40.2 Å². The molecule has 22 heavy (non-hydrogen) atoms. The van der Waals surface area contributed by atoms with Gasteiger partial charge in [0.2, 0.25) is 0 Å². The minimum Gasteiger partial charge on any atom is -0.302 e. The number of fused-ring (bicyclic) bond motifs is 2. The van der Waals surface area contributed by atoms with Crippen molar-refractivity contribution in [2.24, 2.45) is 0 Å². The lowest BCUT2D eigenvalue weighted by Gasteiger charge is -2.18. The Morgan fingerprint density at radius 3 is 2.64 bits per heavy atom. The predicted molar refractivity (Wildman–Crippen MR) is 84.5 cm³/mol. The molecule has 2 aromatic carbocycles. The molecular formula is C16H11N3O2S. The van der Waals surface area contributed by atoms with Crippen molar-refractivity contribution in [1.82, 2.24) is 4.90 Å². The highest BCUT2D eigenvalue weighted by Crippen LogP contribution is 2.36. The monoisotopic (exact) mass is 309 g/mol. The number of hydrogen-bond donors (Lipinski definition) is 0. The van der Waals surface area contributed by atoms with Gasteiger partial charge in [-0.15, -0.1) is 11.8 Å². The number of urea groups is 1. The van der Waals surface area contributed by atoms with Gasteiger partial charge in [-0.1, -0.05) is 24.3 Å². The third-order valence-electron chi connectivity index (χ3n) is 4.09.